The molecule has 8 heteroatoms. The summed E-state index contributed by atoms with van der Waals surface area (Å²) in [5.41, 5.74) is 4.27. The number of hydrogen-bond donors (Lipinski definition) is 1. The molecule has 3 aliphatic rings. The zero-order valence-corrected chi connectivity index (χ0v) is 27.1. The van der Waals surface area contributed by atoms with Crippen LogP contribution in [0.5, 0.6) is 11.5 Å². The van der Waals surface area contributed by atoms with E-state index in [1.807, 2.05) is 86.3 Å². The van der Waals surface area contributed by atoms with E-state index in [1.54, 1.807) is 7.11 Å². The number of rotatable bonds is 8. The summed E-state index contributed by atoms with van der Waals surface area (Å²) in [7, 11) is 1.61. The molecule has 0 aromatic heterocycles. The van der Waals surface area contributed by atoms with Gasteiger partial charge in [0.05, 0.1) is 31.3 Å². The molecular weight excluding hydrogens is 588 g/mol. The van der Waals surface area contributed by atoms with Gasteiger partial charge in [0.2, 0.25) is 12.3 Å². The van der Waals surface area contributed by atoms with Crippen LogP contribution >= 0.6 is 11.6 Å². The molecule has 0 spiro atoms. The fourth-order valence-electron chi connectivity index (χ4n) is 7.79. The molecule has 236 valence electrons. The normalized spacial score (nSPS) is 25.1. The van der Waals surface area contributed by atoms with Gasteiger partial charge in [-0.25, -0.2) is 4.99 Å². The molecule has 3 aromatic carbocycles. The molecule has 7 nitrogen and oxygen atoms in total. The van der Waals surface area contributed by atoms with E-state index < -0.39 is 11.6 Å². The molecule has 2 saturated carbocycles. The first-order valence-corrected chi connectivity index (χ1v) is 16.3. The van der Waals surface area contributed by atoms with Crippen molar-refractivity contribution in [3.8, 4) is 11.5 Å². The quantitative estimate of drug-likeness (QED) is 0.262. The molecule has 3 aromatic rings. The molecular formula is C37H41ClN2O5. The van der Waals surface area contributed by atoms with Crippen LogP contribution < -0.4 is 14.4 Å². The monoisotopic (exact) mass is 628 g/mol. The second kappa shape index (κ2) is 12.6. The lowest BCUT2D eigenvalue weighted by atomic mass is 9.80. The van der Waals surface area contributed by atoms with Gasteiger partial charge in [-0.3, -0.25) is 9.59 Å². The van der Waals surface area contributed by atoms with Crippen LogP contribution in [0.3, 0.4) is 0 Å². The average molecular weight is 629 g/mol. The molecule has 5 atom stereocenters. The molecule has 0 radical (unpaired) electrons. The van der Waals surface area contributed by atoms with E-state index in [1.165, 1.54) is 0 Å². The van der Waals surface area contributed by atoms with Crippen molar-refractivity contribution in [2.45, 2.75) is 77.0 Å². The number of hydrogen-bond acceptors (Lipinski definition) is 5. The van der Waals surface area contributed by atoms with Crippen molar-refractivity contribution < 1.29 is 24.2 Å². The molecule has 2 fully saturated rings. The van der Waals surface area contributed by atoms with Crippen molar-refractivity contribution in [3.63, 3.8) is 0 Å². The number of carbonyl (C=O) groups excluding carboxylic acids is 2. The highest BCUT2D eigenvalue weighted by Gasteiger charge is 2.46. The van der Waals surface area contributed by atoms with Crippen molar-refractivity contribution in [1.82, 2.24) is 0 Å². The number of methoxy groups -OCH3 is 1. The van der Waals surface area contributed by atoms with Gasteiger partial charge in [0.1, 0.15) is 0 Å². The number of carbonyl (C=O) groups is 2. The lowest BCUT2D eigenvalue weighted by Crippen LogP contribution is -2.41. The zero-order valence-electron chi connectivity index (χ0n) is 26.3. The SMILES string of the molecule is COc1cc2c(cc1OC(C)C)[C@H](c1ccc(Cl)cc1)N(c1ccc(C(C)(O)C3CC4CCCC(=NC=O)C4C3)cc1)C(=O)C2. The average Bonchev–Trinajstić information content (AvgIpc) is 3.47. The van der Waals surface area contributed by atoms with Crippen molar-refractivity contribution in [2.75, 3.05) is 12.0 Å². The number of anilines is 1. The minimum absolute atomic E-state index is 0.0385. The highest BCUT2D eigenvalue weighted by molar-refractivity contribution is 6.30. The van der Waals surface area contributed by atoms with Crippen molar-refractivity contribution in [1.29, 1.82) is 0 Å². The fraction of sp³-hybridized carbons (Fsp3) is 0.432. The van der Waals surface area contributed by atoms with E-state index in [-0.39, 0.29) is 30.3 Å². The van der Waals surface area contributed by atoms with Gasteiger partial charge in [0.25, 0.3) is 0 Å². The maximum absolute atomic E-state index is 13.9. The Morgan fingerprint density at radius 2 is 1.80 bits per heavy atom. The first-order valence-electron chi connectivity index (χ1n) is 15.9. The molecule has 1 aliphatic heterocycles. The summed E-state index contributed by atoms with van der Waals surface area (Å²) in [6.07, 6.45) is 5.55. The van der Waals surface area contributed by atoms with E-state index in [2.05, 4.69) is 4.99 Å². The summed E-state index contributed by atoms with van der Waals surface area (Å²) in [5, 5.41) is 12.5. The van der Waals surface area contributed by atoms with Gasteiger partial charge in [-0.1, -0.05) is 35.9 Å². The molecule has 45 heavy (non-hydrogen) atoms. The van der Waals surface area contributed by atoms with Crippen LogP contribution in [0.4, 0.5) is 5.69 Å². The summed E-state index contributed by atoms with van der Waals surface area (Å²) in [5.74, 6) is 1.94. The Hall–Kier alpha value is -3.68. The van der Waals surface area contributed by atoms with E-state index in [9.17, 15) is 14.7 Å². The topological polar surface area (TPSA) is 88.4 Å². The highest BCUT2D eigenvalue weighted by Crippen LogP contribution is 2.51. The number of amides is 2. The van der Waals surface area contributed by atoms with Crippen LogP contribution in [0, 0.1) is 17.8 Å². The third-order valence-corrected chi connectivity index (χ3v) is 10.3. The molecule has 1 N–H and O–H groups in total. The van der Waals surface area contributed by atoms with E-state index in [0.717, 1.165) is 65.8 Å². The Kier molecular flexibility index (Phi) is 8.77. The van der Waals surface area contributed by atoms with Crippen LogP contribution in [-0.2, 0) is 21.6 Å². The Morgan fingerprint density at radius 3 is 2.47 bits per heavy atom. The molecule has 4 unspecified atom stereocenters. The Labute approximate surface area is 270 Å². The summed E-state index contributed by atoms with van der Waals surface area (Å²) in [6, 6.07) is 18.8. The number of benzene rings is 3. The van der Waals surface area contributed by atoms with Gasteiger partial charge >= 0.3 is 0 Å². The van der Waals surface area contributed by atoms with E-state index >= 15 is 0 Å². The lowest BCUT2D eigenvalue weighted by Gasteiger charge is -2.38. The molecule has 0 saturated heterocycles. The Morgan fingerprint density at radius 1 is 1.07 bits per heavy atom. The highest BCUT2D eigenvalue weighted by atomic mass is 35.5. The first kappa shape index (κ1) is 31.3. The summed E-state index contributed by atoms with van der Waals surface area (Å²) in [4.78, 5) is 31.1. The molecule has 0 bridgehead atoms. The van der Waals surface area contributed by atoms with Gasteiger partial charge in [0.15, 0.2) is 11.5 Å². The number of nitrogens with zero attached hydrogens (tertiary/aromatic N) is 2. The maximum atomic E-state index is 13.9. The summed E-state index contributed by atoms with van der Waals surface area (Å²) >= 11 is 6.27. The predicted octanol–water partition coefficient (Wildman–Crippen LogP) is 7.45. The third-order valence-electron chi connectivity index (χ3n) is 10.0. The van der Waals surface area contributed by atoms with Crippen LogP contribution in [0.1, 0.15) is 81.2 Å². The van der Waals surface area contributed by atoms with E-state index in [0.29, 0.717) is 28.8 Å². The van der Waals surface area contributed by atoms with Gasteiger partial charge in [-0.15, -0.1) is 0 Å². The molecule has 1 heterocycles. The minimum atomic E-state index is -1.06. The second-order valence-corrected chi connectivity index (χ2v) is 13.5. The van der Waals surface area contributed by atoms with Crippen LogP contribution in [0.15, 0.2) is 65.7 Å². The minimum Gasteiger partial charge on any atom is -0.493 e. The molecule has 2 amide bonds. The number of aliphatic hydroxyl groups is 1. The van der Waals surface area contributed by atoms with Crippen LogP contribution in [-0.4, -0.2) is 36.3 Å². The Bertz CT molecular complexity index is 1600. The third kappa shape index (κ3) is 6.00. The van der Waals surface area contributed by atoms with Gasteiger partial charge in [-0.05, 0) is 123 Å². The van der Waals surface area contributed by atoms with Gasteiger partial charge < -0.3 is 19.5 Å². The molecule has 6 rings (SSSR count). The van der Waals surface area contributed by atoms with E-state index in [4.69, 9.17) is 21.1 Å². The number of fused-ring (bicyclic) bond motifs is 2. The standard InChI is InChI=1S/C37H41ClN2O5/c1-22(2)45-34-20-31-25(17-33(34)44-4)18-35(42)40(36(31)23-8-12-28(38)13-9-23)29-14-10-26(11-15-29)37(3,43)27-16-24-6-5-7-32(39-21-41)30(24)19-27/h8-15,17,20-22,24,27,30,36,43H,5-7,16,18-19H2,1-4H3/t24?,27?,30?,36-,37?/m0/s1. The van der Waals surface area contributed by atoms with Gasteiger partial charge in [-0.2, -0.15) is 0 Å². The number of halogens is 1. The zero-order chi connectivity index (χ0) is 31.9. The van der Waals surface area contributed by atoms with Gasteiger partial charge in [0, 0.05) is 22.3 Å². The second-order valence-electron chi connectivity index (χ2n) is 13.1. The van der Waals surface area contributed by atoms with Crippen LogP contribution in [0.25, 0.3) is 0 Å². The maximum Gasteiger partial charge on any atom is 0.232 e. The van der Waals surface area contributed by atoms with Crippen molar-refractivity contribution in [2.24, 2.45) is 22.7 Å². The van der Waals surface area contributed by atoms with Crippen molar-refractivity contribution in [3.05, 3.63) is 87.9 Å². The predicted molar refractivity (Wildman–Crippen MR) is 176 cm³/mol. The summed E-state index contributed by atoms with van der Waals surface area (Å²) < 4.78 is 11.8. The summed E-state index contributed by atoms with van der Waals surface area (Å²) in [6.45, 7) is 5.83. The smallest absolute Gasteiger partial charge is 0.232 e. The fourth-order valence-corrected chi connectivity index (χ4v) is 7.92. The first-order chi connectivity index (χ1) is 21.6. The lowest BCUT2D eigenvalue weighted by molar-refractivity contribution is -0.118. The van der Waals surface area contributed by atoms with Crippen LogP contribution in [0.2, 0.25) is 5.02 Å². The number of ether oxygens (including phenoxy) is 2. The molecule has 2 aliphatic carbocycles. The van der Waals surface area contributed by atoms with Crippen molar-refractivity contribution >= 4 is 35.3 Å². The Balaban J connectivity index is 1.35. The largest absolute Gasteiger partial charge is 0.493 e. The number of aliphatic imine (C=N–C) groups is 1.